The first-order chi connectivity index (χ1) is 7.66. The van der Waals surface area contributed by atoms with E-state index in [1.54, 1.807) is 4.68 Å². The second kappa shape index (κ2) is 4.70. The third-order valence-corrected chi connectivity index (χ3v) is 3.15. The van der Waals surface area contributed by atoms with Crippen molar-refractivity contribution >= 4 is 15.9 Å². The Labute approximate surface area is 103 Å². The molecular weight excluding hydrogens is 268 g/mol. The molecule has 3 nitrogen and oxygen atoms in total. The summed E-state index contributed by atoms with van der Waals surface area (Å²) in [5, 5.41) is 4.16. The maximum atomic E-state index is 5.61. The van der Waals surface area contributed by atoms with Crippen molar-refractivity contribution in [3.8, 4) is 5.88 Å². The number of ether oxygens (including phenoxy) is 1. The van der Waals surface area contributed by atoms with Crippen LogP contribution in [-0.4, -0.2) is 9.78 Å². The highest BCUT2D eigenvalue weighted by molar-refractivity contribution is 9.10. The van der Waals surface area contributed by atoms with Gasteiger partial charge in [-0.2, -0.15) is 0 Å². The molecule has 1 aromatic carbocycles. The van der Waals surface area contributed by atoms with E-state index in [4.69, 9.17) is 4.74 Å². The minimum Gasteiger partial charge on any atom is -0.472 e. The maximum Gasteiger partial charge on any atom is 0.233 e. The fourth-order valence-corrected chi connectivity index (χ4v) is 2.05. The molecule has 4 heteroatoms. The maximum absolute atomic E-state index is 5.61. The van der Waals surface area contributed by atoms with Crippen LogP contribution in [0.25, 0.3) is 0 Å². The van der Waals surface area contributed by atoms with Crippen LogP contribution < -0.4 is 4.74 Å². The highest BCUT2D eigenvalue weighted by Gasteiger charge is 2.05. The van der Waals surface area contributed by atoms with E-state index in [0.717, 1.165) is 10.0 Å². The summed E-state index contributed by atoms with van der Waals surface area (Å²) in [5.41, 5.74) is 2.37. The van der Waals surface area contributed by atoms with Gasteiger partial charge in [0, 0.05) is 29.3 Å². The van der Waals surface area contributed by atoms with Crippen LogP contribution in [0.2, 0.25) is 0 Å². The minimum atomic E-state index is 0.532. The van der Waals surface area contributed by atoms with Crippen molar-refractivity contribution in [2.24, 2.45) is 7.05 Å². The Kier molecular flexibility index (Phi) is 3.29. The van der Waals surface area contributed by atoms with Crippen molar-refractivity contribution in [2.45, 2.75) is 13.5 Å². The van der Waals surface area contributed by atoms with E-state index < -0.39 is 0 Å². The van der Waals surface area contributed by atoms with Gasteiger partial charge in [-0.15, -0.1) is 5.10 Å². The van der Waals surface area contributed by atoms with Crippen LogP contribution in [0.1, 0.15) is 11.1 Å². The van der Waals surface area contributed by atoms with E-state index >= 15 is 0 Å². The molecule has 0 atom stereocenters. The average molecular weight is 281 g/mol. The van der Waals surface area contributed by atoms with Gasteiger partial charge in [0.2, 0.25) is 5.88 Å². The second-order valence-corrected chi connectivity index (χ2v) is 4.51. The molecule has 0 aliphatic heterocycles. The molecular formula is C12H13BrN2O. The Morgan fingerprint density at radius 2 is 2.19 bits per heavy atom. The highest BCUT2D eigenvalue weighted by Crippen LogP contribution is 2.21. The number of hydrogen-bond donors (Lipinski definition) is 0. The van der Waals surface area contributed by atoms with Crippen LogP contribution in [0.4, 0.5) is 0 Å². The topological polar surface area (TPSA) is 27.1 Å². The first kappa shape index (κ1) is 11.2. The molecule has 1 heterocycles. The summed E-state index contributed by atoms with van der Waals surface area (Å²) in [7, 11) is 1.87. The Morgan fingerprint density at radius 1 is 1.38 bits per heavy atom. The summed E-state index contributed by atoms with van der Waals surface area (Å²) in [4.78, 5) is 0. The number of aryl methyl sites for hydroxylation is 2. The first-order valence-corrected chi connectivity index (χ1v) is 5.82. The number of rotatable bonds is 3. The van der Waals surface area contributed by atoms with Crippen molar-refractivity contribution in [1.29, 1.82) is 0 Å². The zero-order valence-electron chi connectivity index (χ0n) is 9.27. The SMILES string of the molecule is Cc1cccc(Br)c1COc1ccn(C)n1. The number of aromatic nitrogens is 2. The third-order valence-electron chi connectivity index (χ3n) is 2.41. The van der Waals surface area contributed by atoms with Gasteiger partial charge in [0.25, 0.3) is 0 Å². The molecule has 0 spiro atoms. The molecule has 0 radical (unpaired) electrons. The van der Waals surface area contributed by atoms with E-state index in [-0.39, 0.29) is 0 Å². The van der Waals surface area contributed by atoms with E-state index in [0.29, 0.717) is 12.5 Å². The van der Waals surface area contributed by atoms with Crippen molar-refractivity contribution in [3.63, 3.8) is 0 Å². The lowest BCUT2D eigenvalue weighted by Crippen LogP contribution is -2.00. The number of benzene rings is 1. The predicted molar refractivity (Wildman–Crippen MR) is 66.4 cm³/mol. The average Bonchev–Trinajstić information content (AvgIpc) is 2.63. The number of hydrogen-bond acceptors (Lipinski definition) is 2. The molecule has 2 aromatic rings. The van der Waals surface area contributed by atoms with Gasteiger partial charge in [-0.25, -0.2) is 0 Å². The van der Waals surface area contributed by atoms with Crippen molar-refractivity contribution in [1.82, 2.24) is 9.78 Å². The predicted octanol–water partition coefficient (Wildman–Crippen LogP) is 3.07. The fourth-order valence-electron chi connectivity index (χ4n) is 1.47. The van der Waals surface area contributed by atoms with Crippen LogP contribution in [0.15, 0.2) is 34.9 Å². The molecule has 1 aromatic heterocycles. The minimum absolute atomic E-state index is 0.532. The van der Waals surface area contributed by atoms with Gasteiger partial charge < -0.3 is 4.74 Å². The summed E-state index contributed by atoms with van der Waals surface area (Å²) >= 11 is 3.52. The molecule has 0 saturated heterocycles. The van der Waals surface area contributed by atoms with Crippen molar-refractivity contribution in [2.75, 3.05) is 0 Å². The molecule has 0 saturated carbocycles. The quantitative estimate of drug-likeness (QED) is 0.864. The van der Waals surface area contributed by atoms with Gasteiger partial charge in [-0.05, 0) is 18.6 Å². The molecule has 0 bridgehead atoms. The van der Waals surface area contributed by atoms with E-state index in [9.17, 15) is 0 Å². The first-order valence-electron chi connectivity index (χ1n) is 5.03. The Morgan fingerprint density at radius 3 is 2.81 bits per heavy atom. The van der Waals surface area contributed by atoms with Gasteiger partial charge in [-0.3, -0.25) is 4.68 Å². The van der Waals surface area contributed by atoms with Gasteiger partial charge in [0.05, 0.1) is 0 Å². The highest BCUT2D eigenvalue weighted by atomic mass is 79.9. The zero-order chi connectivity index (χ0) is 11.5. The van der Waals surface area contributed by atoms with E-state index in [1.807, 2.05) is 31.4 Å². The molecule has 0 unspecified atom stereocenters. The molecule has 0 aliphatic rings. The zero-order valence-corrected chi connectivity index (χ0v) is 10.9. The van der Waals surface area contributed by atoms with Crippen LogP contribution in [0.3, 0.4) is 0 Å². The van der Waals surface area contributed by atoms with Crippen LogP contribution in [-0.2, 0) is 13.7 Å². The lowest BCUT2D eigenvalue weighted by molar-refractivity contribution is 0.289. The Hall–Kier alpha value is -1.29. The second-order valence-electron chi connectivity index (χ2n) is 3.65. The molecule has 0 N–H and O–H groups in total. The van der Waals surface area contributed by atoms with Crippen LogP contribution >= 0.6 is 15.9 Å². The monoisotopic (exact) mass is 280 g/mol. The van der Waals surface area contributed by atoms with Crippen LogP contribution in [0, 0.1) is 6.92 Å². The third kappa shape index (κ3) is 2.44. The van der Waals surface area contributed by atoms with Crippen molar-refractivity contribution < 1.29 is 4.74 Å². The van der Waals surface area contributed by atoms with E-state index in [2.05, 4.69) is 34.0 Å². The summed E-state index contributed by atoms with van der Waals surface area (Å²) < 4.78 is 8.41. The molecule has 0 fully saturated rings. The van der Waals surface area contributed by atoms with Gasteiger partial charge in [0.1, 0.15) is 6.61 Å². The standard InChI is InChI=1S/C12H13BrN2O/c1-9-4-3-5-11(13)10(9)8-16-12-6-7-15(2)14-12/h3-7H,8H2,1-2H3. The van der Waals surface area contributed by atoms with Crippen LogP contribution in [0.5, 0.6) is 5.88 Å². The van der Waals surface area contributed by atoms with Gasteiger partial charge in [-0.1, -0.05) is 28.1 Å². The lowest BCUT2D eigenvalue weighted by Gasteiger charge is -2.08. The van der Waals surface area contributed by atoms with Crippen molar-refractivity contribution in [3.05, 3.63) is 46.1 Å². The molecule has 84 valence electrons. The Balaban J connectivity index is 2.10. The van der Waals surface area contributed by atoms with E-state index in [1.165, 1.54) is 5.56 Å². The largest absolute Gasteiger partial charge is 0.472 e. The summed E-state index contributed by atoms with van der Waals surface area (Å²) in [6, 6.07) is 7.96. The lowest BCUT2D eigenvalue weighted by atomic mass is 10.1. The molecule has 2 rings (SSSR count). The van der Waals surface area contributed by atoms with Gasteiger partial charge >= 0.3 is 0 Å². The van der Waals surface area contributed by atoms with Gasteiger partial charge in [0.15, 0.2) is 0 Å². The normalized spacial score (nSPS) is 10.4. The summed E-state index contributed by atoms with van der Waals surface area (Å²) in [5.74, 6) is 0.651. The summed E-state index contributed by atoms with van der Waals surface area (Å²) in [6.07, 6.45) is 1.86. The molecule has 0 amide bonds. The number of halogens is 1. The fraction of sp³-hybridized carbons (Fsp3) is 0.250. The Bertz CT molecular complexity index is 473. The molecule has 0 aliphatic carbocycles. The smallest absolute Gasteiger partial charge is 0.233 e. The number of nitrogens with zero attached hydrogens (tertiary/aromatic N) is 2. The molecule has 16 heavy (non-hydrogen) atoms. The summed E-state index contributed by atoms with van der Waals surface area (Å²) in [6.45, 7) is 2.60.